The summed E-state index contributed by atoms with van der Waals surface area (Å²) in [6.45, 7) is 2.04. The van der Waals surface area contributed by atoms with Crippen LogP contribution in [0.3, 0.4) is 0 Å². The first-order valence-corrected chi connectivity index (χ1v) is 7.74. The summed E-state index contributed by atoms with van der Waals surface area (Å²) in [7, 11) is 1.79. The number of benzene rings is 2. The summed E-state index contributed by atoms with van der Waals surface area (Å²) in [5.41, 5.74) is 1.45. The monoisotopic (exact) mass is 347 g/mol. The molecular formula is C17H18ClN3O3. The zero-order valence-electron chi connectivity index (χ0n) is 13.4. The van der Waals surface area contributed by atoms with Crippen molar-refractivity contribution in [3.8, 4) is 0 Å². The molecule has 24 heavy (non-hydrogen) atoms. The van der Waals surface area contributed by atoms with E-state index >= 15 is 0 Å². The number of nitrogens with zero attached hydrogens (tertiary/aromatic N) is 2. The Hall–Kier alpha value is -2.44. The van der Waals surface area contributed by atoms with Gasteiger partial charge in [0, 0.05) is 28.9 Å². The molecule has 0 saturated heterocycles. The van der Waals surface area contributed by atoms with Crippen LogP contribution in [0.5, 0.6) is 0 Å². The van der Waals surface area contributed by atoms with E-state index in [-0.39, 0.29) is 24.2 Å². The Balaban J connectivity index is 2.00. The van der Waals surface area contributed by atoms with Gasteiger partial charge in [-0.15, -0.1) is 0 Å². The van der Waals surface area contributed by atoms with Gasteiger partial charge in [0.1, 0.15) is 0 Å². The third kappa shape index (κ3) is 4.78. The molecule has 0 spiro atoms. The van der Waals surface area contributed by atoms with Crippen LogP contribution in [0, 0.1) is 10.1 Å². The average Bonchev–Trinajstić information content (AvgIpc) is 2.54. The Bertz CT molecular complexity index is 751. The van der Waals surface area contributed by atoms with Crippen molar-refractivity contribution in [2.45, 2.75) is 13.0 Å². The maximum absolute atomic E-state index is 12.1. The fourth-order valence-electron chi connectivity index (χ4n) is 2.28. The van der Waals surface area contributed by atoms with Gasteiger partial charge in [-0.05, 0) is 37.7 Å². The molecule has 0 saturated carbocycles. The summed E-state index contributed by atoms with van der Waals surface area (Å²) in [5.74, 6) is -0.183. The van der Waals surface area contributed by atoms with E-state index in [4.69, 9.17) is 11.6 Å². The molecule has 1 unspecified atom stereocenters. The number of hydrogen-bond acceptors (Lipinski definition) is 4. The van der Waals surface area contributed by atoms with Gasteiger partial charge in [0.05, 0.1) is 11.5 Å². The minimum atomic E-state index is -0.428. The van der Waals surface area contributed by atoms with Gasteiger partial charge in [-0.1, -0.05) is 29.8 Å². The van der Waals surface area contributed by atoms with Crippen LogP contribution in [0.4, 0.5) is 11.4 Å². The van der Waals surface area contributed by atoms with E-state index in [9.17, 15) is 14.9 Å². The van der Waals surface area contributed by atoms with E-state index in [0.717, 1.165) is 5.56 Å². The van der Waals surface area contributed by atoms with Crippen molar-refractivity contribution in [3.05, 3.63) is 69.2 Å². The van der Waals surface area contributed by atoms with Crippen LogP contribution < -0.4 is 5.32 Å². The molecule has 1 atom stereocenters. The maximum atomic E-state index is 12.1. The average molecular weight is 348 g/mol. The maximum Gasteiger partial charge on any atom is 0.269 e. The normalized spacial score (nSPS) is 12.0. The lowest BCUT2D eigenvalue weighted by Gasteiger charge is -2.24. The van der Waals surface area contributed by atoms with Crippen LogP contribution in [0.25, 0.3) is 0 Å². The van der Waals surface area contributed by atoms with Crippen molar-refractivity contribution in [1.82, 2.24) is 4.90 Å². The van der Waals surface area contributed by atoms with E-state index < -0.39 is 4.92 Å². The molecule has 0 aromatic heterocycles. The van der Waals surface area contributed by atoms with E-state index in [1.165, 1.54) is 12.1 Å². The highest BCUT2D eigenvalue weighted by molar-refractivity contribution is 6.30. The van der Waals surface area contributed by atoms with Crippen LogP contribution in [0.1, 0.15) is 18.5 Å². The molecule has 0 aliphatic carbocycles. The van der Waals surface area contributed by atoms with Gasteiger partial charge in [-0.3, -0.25) is 19.8 Å². The van der Waals surface area contributed by atoms with Gasteiger partial charge in [-0.2, -0.15) is 0 Å². The number of amides is 1. The highest BCUT2D eigenvalue weighted by Gasteiger charge is 2.17. The van der Waals surface area contributed by atoms with Gasteiger partial charge in [-0.25, -0.2) is 0 Å². The topological polar surface area (TPSA) is 75.5 Å². The number of anilines is 1. The Morgan fingerprint density at radius 3 is 2.67 bits per heavy atom. The zero-order valence-corrected chi connectivity index (χ0v) is 14.2. The first-order valence-electron chi connectivity index (χ1n) is 7.37. The van der Waals surface area contributed by atoms with Crippen molar-refractivity contribution in [3.63, 3.8) is 0 Å². The molecule has 0 fully saturated rings. The second kappa shape index (κ2) is 7.90. The number of nitrogens with one attached hydrogen (secondary N) is 1. The van der Waals surface area contributed by atoms with E-state index in [0.29, 0.717) is 10.7 Å². The van der Waals surface area contributed by atoms with Crippen molar-refractivity contribution >= 4 is 28.9 Å². The molecule has 2 aromatic carbocycles. The summed E-state index contributed by atoms with van der Waals surface area (Å²) in [6, 6.07) is 13.2. The minimum absolute atomic E-state index is 0.0381. The Morgan fingerprint density at radius 1 is 1.29 bits per heavy atom. The van der Waals surface area contributed by atoms with Crippen LogP contribution in [0.15, 0.2) is 48.5 Å². The molecule has 2 aromatic rings. The Morgan fingerprint density at radius 2 is 2.00 bits per heavy atom. The molecule has 1 amide bonds. The van der Waals surface area contributed by atoms with Crippen molar-refractivity contribution in [1.29, 1.82) is 0 Å². The van der Waals surface area contributed by atoms with E-state index in [1.54, 1.807) is 37.4 Å². The zero-order chi connectivity index (χ0) is 17.7. The number of halogens is 1. The standard InChI is InChI=1S/C17H18ClN3O3/c1-12(13-5-3-8-16(9-13)21(23)24)20(2)11-17(22)19-15-7-4-6-14(18)10-15/h3-10,12H,11H2,1-2H3,(H,19,22). The van der Waals surface area contributed by atoms with Gasteiger partial charge in [0.25, 0.3) is 5.69 Å². The van der Waals surface area contributed by atoms with Crippen LogP contribution >= 0.6 is 11.6 Å². The molecule has 7 heteroatoms. The second-order valence-electron chi connectivity index (χ2n) is 5.50. The van der Waals surface area contributed by atoms with Crippen molar-refractivity contribution < 1.29 is 9.72 Å². The predicted molar refractivity (Wildman–Crippen MR) is 94.2 cm³/mol. The van der Waals surface area contributed by atoms with Crippen LogP contribution in [-0.4, -0.2) is 29.3 Å². The molecule has 0 heterocycles. The lowest BCUT2D eigenvalue weighted by molar-refractivity contribution is -0.384. The summed E-state index contributed by atoms with van der Waals surface area (Å²) in [6.07, 6.45) is 0. The minimum Gasteiger partial charge on any atom is -0.325 e. The fourth-order valence-corrected chi connectivity index (χ4v) is 2.47. The number of carbonyl (C=O) groups excluding carboxylic acids is 1. The number of nitro groups is 1. The number of likely N-dealkylation sites (N-methyl/N-ethyl adjacent to an activating group) is 1. The van der Waals surface area contributed by atoms with Crippen LogP contribution in [0.2, 0.25) is 5.02 Å². The number of nitro benzene ring substituents is 1. The molecule has 6 nitrogen and oxygen atoms in total. The van der Waals surface area contributed by atoms with E-state index in [1.807, 2.05) is 17.9 Å². The summed E-state index contributed by atoms with van der Waals surface area (Å²) in [5, 5.41) is 14.2. The number of hydrogen-bond donors (Lipinski definition) is 1. The van der Waals surface area contributed by atoms with Crippen LogP contribution in [-0.2, 0) is 4.79 Å². The molecule has 0 aliphatic rings. The molecule has 1 N–H and O–H groups in total. The van der Waals surface area contributed by atoms with Gasteiger partial charge < -0.3 is 5.32 Å². The smallest absolute Gasteiger partial charge is 0.269 e. The first kappa shape index (κ1) is 17.9. The highest BCUT2D eigenvalue weighted by Crippen LogP contribution is 2.23. The van der Waals surface area contributed by atoms with Gasteiger partial charge >= 0.3 is 0 Å². The van der Waals surface area contributed by atoms with Crippen molar-refractivity contribution in [2.75, 3.05) is 18.9 Å². The Labute approximate surface area is 145 Å². The summed E-state index contributed by atoms with van der Waals surface area (Å²) >= 11 is 5.89. The SMILES string of the molecule is CC(c1cccc([N+](=O)[O-])c1)N(C)CC(=O)Nc1cccc(Cl)c1. The fraction of sp³-hybridized carbons (Fsp3) is 0.235. The molecule has 0 radical (unpaired) electrons. The second-order valence-corrected chi connectivity index (χ2v) is 5.94. The largest absolute Gasteiger partial charge is 0.325 e. The first-order chi connectivity index (χ1) is 11.4. The molecule has 2 rings (SSSR count). The number of carbonyl (C=O) groups is 1. The lowest BCUT2D eigenvalue weighted by atomic mass is 10.1. The summed E-state index contributed by atoms with van der Waals surface area (Å²) < 4.78 is 0. The third-order valence-electron chi connectivity index (χ3n) is 3.73. The van der Waals surface area contributed by atoms with Gasteiger partial charge in [0.2, 0.25) is 5.91 Å². The molecular weight excluding hydrogens is 330 g/mol. The predicted octanol–water partition coefficient (Wildman–Crippen LogP) is 3.88. The quantitative estimate of drug-likeness (QED) is 0.635. The lowest BCUT2D eigenvalue weighted by Crippen LogP contribution is -2.32. The van der Waals surface area contributed by atoms with Gasteiger partial charge in [0.15, 0.2) is 0 Å². The third-order valence-corrected chi connectivity index (χ3v) is 3.96. The van der Waals surface area contributed by atoms with E-state index in [2.05, 4.69) is 5.32 Å². The summed E-state index contributed by atoms with van der Waals surface area (Å²) in [4.78, 5) is 24.4. The van der Waals surface area contributed by atoms with Crippen molar-refractivity contribution in [2.24, 2.45) is 0 Å². The molecule has 0 aliphatic heterocycles. The number of non-ortho nitro benzene ring substituents is 1. The number of rotatable bonds is 6. The highest BCUT2D eigenvalue weighted by atomic mass is 35.5. The Kier molecular flexibility index (Phi) is 5.89. The molecule has 126 valence electrons. The molecule has 0 bridgehead atoms.